The van der Waals surface area contributed by atoms with E-state index in [0.29, 0.717) is 11.0 Å². The molecular formula is C16H22BrNO3. The lowest BCUT2D eigenvalue weighted by Crippen LogP contribution is -2.34. The number of halogens is 1. The zero-order valence-corrected chi connectivity index (χ0v) is 13.8. The number of rotatable bonds is 5. The Morgan fingerprint density at radius 2 is 2.00 bits per heavy atom. The minimum atomic E-state index is -0.346. The number of benzene rings is 1. The molecule has 0 aromatic heterocycles. The maximum absolute atomic E-state index is 10.4. The molecule has 0 amide bonds. The second-order valence-electron chi connectivity index (χ2n) is 5.49. The van der Waals surface area contributed by atoms with Crippen molar-refractivity contribution in [3.63, 3.8) is 0 Å². The molecule has 5 heteroatoms. The molecule has 0 bridgehead atoms. The Kier molecular flexibility index (Phi) is 6.06. The minimum Gasteiger partial charge on any atom is -0.497 e. The summed E-state index contributed by atoms with van der Waals surface area (Å²) in [5.74, 6) is 0.814. The normalized spacial score (nSPS) is 24.6. The van der Waals surface area contributed by atoms with Crippen LogP contribution in [0.2, 0.25) is 0 Å². The molecule has 0 spiro atoms. The predicted molar refractivity (Wildman–Crippen MR) is 86.7 cm³/mol. The second kappa shape index (κ2) is 7.80. The Hall–Kier alpha value is -1.07. The van der Waals surface area contributed by atoms with Gasteiger partial charge in [0, 0.05) is 11.2 Å². The first-order valence-corrected chi connectivity index (χ1v) is 8.42. The van der Waals surface area contributed by atoms with Crippen molar-refractivity contribution in [2.75, 3.05) is 12.4 Å². The number of hydrogen-bond donors (Lipinski definition) is 2. The monoisotopic (exact) mass is 355 g/mol. The first-order chi connectivity index (χ1) is 10.2. The molecule has 1 aliphatic rings. The van der Waals surface area contributed by atoms with Gasteiger partial charge in [-0.3, -0.25) is 0 Å². The molecule has 3 atom stereocenters. The Labute approximate surface area is 133 Å². The van der Waals surface area contributed by atoms with Crippen LogP contribution in [0, 0.1) is 5.92 Å². The van der Waals surface area contributed by atoms with Crippen molar-refractivity contribution < 1.29 is 15.1 Å². The number of aliphatic hydroxyl groups excluding tert-OH is 1. The van der Waals surface area contributed by atoms with Gasteiger partial charge in [0.05, 0.1) is 18.9 Å². The molecule has 4 nitrogen and oxygen atoms in total. The summed E-state index contributed by atoms with van der Waals surface area (Å²) in [7, 11) is 1.64. The Morgan fingerprint density at radius 1 is 1.33 bits per heavy atom. The summed E-state index contributed by atoms with van der Waals surface area (Å²) in [6.07, 6.45) is 3.59. The summed E-state index contributed by atoms with van der Waals surface area (Å²) in [6.45, 7) is 0. The van der Waals surface area contributed by atoms with Gasteiger partial charge in [-0.2, -0.15) is 0 Å². The average molecular weight is 356 g/mol. The summed E-state index contributed by atoms with van der Waals surface area (Å²) in [6, 6.07) is 7.78. The molecule has 1 aromatic rings. The third kappa shape index (κ3) is 3.77. The van der Waals surface area contributed by atoms with Crippen molar-refractivity contribution in [3.05, 3.63) is 29.8 Å². The van der Waals surface area contributed by atoms with Gasteiger partial charge in [-0.05, 0) is 36.5 Å². The number of hydrogen-bond acceptors (Lipinski definition) is 4. The average Bonchev–Trinajstić information content (AvgIpc) is 2.54. The Balaban J connectivity index is 2.34. The van der Waals surface area contributed by atoms with Crippen molar-refractivity contribution in [2.24, 2.45) is 11.1 Å². The van der Waals surface area contributed by atoms with E-state index >= 15 is 0 Å². The summed E-state index contributed by atoms with van der Waals surface area (Å²) >= 11 is 3.39. The molecule has 0 heterocycles. The van der Waals surface area contributed by atoms with E-state index in [1.165, 1.54) is 0 Å². The number of nitrogens with zero attached hydrogens (tertiary/aromatic N) is 1. The molecule has 116 valence electrons. The van der Waals surface area contributed by atoms with E-state index in [1.807, 2.05) is 24.3 Å². The van der Waals surface area contributed by atoms with Crippen molar-refractivity contribution >= 4 is 21.6 Å². The standard InChI is InChI=1S/C16H22BrNO3/c1-21-12-8-6-11(7-9-12)16(14(10-17)18-20)13-4-2-3-5-15(13)19/h6-9,13,15-16,19-20H,2-5,10H2,1H3/b18-14+. The number of oxime groups is 1. The molecule has 0 saturated heterocycles. The topological polar surface area (TPSA) is 62.0 Å². The fourth-order valence-electron chi connectivity index (χ4n) is 3.20. The number of alkyl halides is 1. The van der Waals surface area contributed by atoms with E-state index in [9.17, 15) is 10.3 Å². The Morgan fingerprint density at radius 3 is 2.52 bits per heavy atom. The van der Waals surface area contributed by atoms with Crippen LogP contribution < -0.4 is 4.74 Å². The quantitative estimate of drug-likeness (QED) is 0.367. The number of methoxy groups -OCH3 is 1. The molecule has 2 rings (SSSR count). The van der Waals surface area contributed by atoms with Gasteiger partial charge in [0.25, 0.3) is 0 Å². The smallest absolute Gasteiger partial charge is 0.118 e. The molecule has 1 aromatic carbocycles. The van der Waals surface area contributed by atoms with Gasteiger partial charge >= 0.3 is 0 Å². The van der Waals surface area contributed by atoms with Crippen molar-refractivity contribution in [3.8, 4) is 5.75 Å². The highest BCUT2D eigenvalue weighted by atomic mass is 79.9. The van der Waals surface area contributed by atoms with Crippen molar-refractivity contribution in [2.45, 2.75) is 37.7 Å². The molecule has 1 fully saturated rings. The van der Waals surface area contributed by atoms with Crippen molar-refractivity contribution in [1.29, 1.82) is 0 Å². The highest BCUT2D eigenvalue weighted by molar-refractivity contribution is 9.09. The van der Waals surface area contributed by atoms with E-state index in [-0.39, 0.29) is 17.9 Å². The number of ether oxygens (including phenoxy) is 1. The molecule has 0 radical (unpaired) electrons. The molecular weight excluding hydrogens is 334 g/mol. The first kappa shape index (κ1) is 16.3. The van der Waals surface area contributed by atoms with Crippen molar-refractivity contribution in [1.82, 2.24) is 0 Å². The van der Waals surface area contributed by atoms with Gasteiger partial charge in [-0.1, -0.05) is 46.1 Å². The van der Waals surface area contributed by atoms with Crippen LogP contribution >= 0.6 is 15.9 Å². The fraction of sp³-hybridized carbons (Fsp3) is 0.562. The van der Waals surface area contributed by atoms with Crippen LogP contribution in [0.15, 0.2) is 29.4 Å². The largest absolute Gasteiger partial charge is 0.497 e. The number of aliphatic hydroxyl groups is 1. The van der Waals surface area contributed by atoms with Gasteiger partial charge < -0.3 is 15.1 Å². The van der Waals surface area contributed by atoms with E-state index in [4.69, 9.17) is 4.74 Å². The van der Waals surface area contributed by atoms with Crippen LogP contribution in [0.5, 0.6) is 5.75 Å². The van der Waals surface area contributed by atoms with Gasteiger partial charge in [0.2, 0.25) is 0 Å². The predicted octanol–water partition coefficient (Wildman–Crippen LogP) is 3.56. The van der Waals surface area contributed by atoms with Crippen LogP contribution in [0.1, 0.15) is 37.2 Å². The highest BCUT2D eigenvalue weighted by Crippen LogP contribution is 2.38. The maximum atomic E-state index is 10.4. The van der Waals surface area contributed by atoms with Crippen LogP contribution in [0.4, 0.5) is 0 Å². The lowest BCUT2D eigenvalue weighted by molar-refractivity contribution is 0.0648. The second-order valence-corrected chi connectivity index (χ2v) is 6.05. The zero-order valence-electron chi connectivity index (χ0n) is 12.2. The van der Waals surface area contributed by atoms with Crippen LogP contribution in [0.25, 0.3) is 0 Å². The molecule has 1 aliphatic carbocycles. The minimum absolute atomic E-state index is 0.0735. The van der Waals surface area contributed by atoms with Gasteiger partial charge in [0.15, 0.2) is 0 Å². The van der Waals surface area contributed by atoms with E-state index < -0.39 is 0 Å². The molecule has 1 saturated carbocycles. The summed E-state index contributed by atoms with van der Waals surface area (Å²) in [4.78, 5) is 0. The molecule has 21 heavy (non-hydrogen) atoms. The van der Waals surface area contributed by atoms with E-state index in [0.717, 1.165) is 37.0 Å². The third-order valence-electron chi connectivity index (χ3n) is 4.31. The SMILES string of the molecule is COc1ccc(C(/C(CBr)=N/O)C2CCCCC2O)cc1. The van der Waals surface area contributed by atoms with Gasteiger partial charge in [-0.15, -0.1) is 0 Å². The first-order valence-electron chi connectivity index (χ1n) is 7.30. The van der Waals surface area contributed by atoms with Crippen LogP contribution in [-0.4, -0.2) is 34.6 Å². The Bertz CT molecular complexity index is 475. The molecule has 2 N–H and O–H groups in total. The third-order valence-corrected chi connectivity index (χ3v) is 4.88. The van der Waals surface area contributed by atoms with Crippen LogP contribution in [-0.2, 0) is 0 Å². The zero-order chi connectivity index (χ0) is 15.2. The highest BCUT2D eigenvalue weighted by Gasteiger charge is 2.34. The van der Waals surface area contributed by atoms with Gasteiger partial charge in [0.1, 0.15) is 5.75 Å². The van der Waals surface area contributed by atoms with Gasteiger partial charge in [-0.25, -0.2) is 0 Å². The summed E-state index contributed by atoms with van der Waals surface area (Å²) in [5.41, 5.74) is 1.71. The van der Waals surface area contributed by atoms with Crippen LogP contribution in [0.3, 0.4) is 0 Å². The maximum Gasteiger partial charge on any atom is 0.118 e. The molecule has 0 aliphatic heterocycles. The summed E-state index contributed by atoms with van der Waals surface area (Å²) in [5, 5.41) is 23.6. The fourth-order valence-corrected chi connectivity index (χ4v) is 3.66. The lowest BCUT2D eigenvalue weighted by Gasteiger charge is -2.34. The van der Waals surface area contributed by atoms with E-state index in [1.54, 1.807) is 7.11 Å². The lowest BCUT2D eigenvalue weighted by atomic mass is 9.73. The molecule has 3 unspecified atom stereocenters. The summed E-state index contributed by atoms with van der Waals surface area (Å²) < 4.78 is 5.19. The van der Waals surface area contributed by atoms with E-state index in [2.05, 4.69) is 21.1 Å².